The van der Waals surface area contributed by atoms with Crippen LogP contribution in [0.4, 0.5) is 4.39 Å². The van der Waals surface area contributed by atoms with Gasteiger partial charge in [0, 0.05) is 25.6 Å². The van der Waals surface area contributed by atoms with Crippen molar-refractivity contribution in [2.45, 2.75) is 83.6 Å². The number of halogens is 1. The molecule has 0 saturated heterocycles. The fraction of sp³-hybridized carbons (Fsp3) is 0.548. The highest BCUT2D eigenvalue weighted by Crippen LogP contribution is 2.29. The highest BCUT2D eigenvalue weighted by Gasteiger charge is 2.25. The number of aromatic amines is 1. The molecule has 0 spiro atoms. The SMILES string of the molecule is CC(CCCc1ccc(O)c2[nH]c(=O)sc12)CN(C(=O)CCNCCc1cccc(F)c1)C1CCCCCC1. The van der Waals surface area contributed by atoms with Gasteiger partial charge in [0.25, 0.3) is 0 Å². The van der Waals surface area contributed by atoms with E-state index in [-0.39, 0.29) is 22.3 Å². The number of fused-ring (bicyclic) bond motifs is 1. The molecule has 0 radical (unpaired) electrons. The van der Waals surface area contributed by atoms with Crippen LogP contribution in [-0.2, 0) is 17.6 Å². The second kappa shape index (κ2) is 14.6. The third-order valence-electron chi connectivity index (χ3n) is 7.87. The number of amides is 1. The number of rotatable bonds is 13. The first-order valence-corrected chi connectivity index (χ1v) is 15.3. The largest absolute Gasteiger partial charge is 0.506 e. The standard InChI is InChI=1S/C31H42FN3O3S/c1-22(8-6-10-24-14-15-27(36)29-30(24)39-31(38)34-29)21-35(26-12-4-2-3-5-13-26)28(37)17-19-33-18-16-23-9-7-11-25(32)20-23/h7,9,11,14-15,20,22,26,33,36H,2-6,8,10,12-13,16-19,21H2,1H3,(H,34,38). The molecule has 212 valence electrons. The van der Waals surface area contributed by atoms with Gasteiger partial charge in [-0.1, -0.05) is 62.1 Å². The fourth-order valence-corrected chi connectivity index (χ4v) is 6.65. The van der Waals surface area contributed by atoms with Crippen LogP contribution in [-0.4, -0.2) is 46.6 Å². The minimum Gasteiger partial charge on any atom is -0.506 e. The van der Waals surface area contributed by atoms with Gasteiger partial charge >= 0.3 is 4.87 Å². The summed E-state index contributed by atoms with van der Waals surface area (Å²) in [5, 5.41) is 13.4. The number of carbonyl (C=O) groups is 1. The number of aryl methyl sites for hydroxylation is 1. The Bertz CT molecular complexity index is 1270. The number of nitrogens with one attached hydrogen (secondary N) is 2. The molecule has 1 aliphatic rings. The van der Waals surface area contributed by atoms with E-state index in [9.17, 15) is 19.1 Å². The lowest BCUT2D eigenvalue weighted by Crippen LogP contribution is -2.43. The Morgan fingerprint density at radius 1 is 1.15 bits per heavy atom. The van der Waals surface area contributed by atoms with E-state index in [2.05, 4.69) is 22.1 Å². The van der Waals surface area contributed by atoms with E-state index in [1.165, 1.54) is 31.7 Å². The van der Waals surface area contributed by atoms with Gasteiger partial charge in [-0.25, -0.2) is 4.39 Å². The fourth-order valence-electron chi connectivity index (χ4n) is 5.75. The van der Waals surface area contributed by atoms with E-state index in [0.717, 1.165) is 78.8 Å². The van der Waals surface area contributed by atoms with E-state index < -0.39 is 0 Å². The molecule has 8 heteroatoms. The summed E-state index contributed by atoms with van der Waals surface area (Å²) in [5.74, 6) is 0.496. The van der Waals surface area contributed by atoms with Gasteiger partial charge in [0.2, 0.25) is 5.91 Å². The summed E-state index contributed by atoms with van der Waals surface area (Å²) in [7, 11) is 0. The zero-order valence-corrected chi connectivity index (χ0v) is 23.8. The van der Waals surface area contributed by atoms with Gasteiger partial charge in [0.15, 0.2) is 0 Å². The number of nitrogens with zero attached hydrogens (tertiary/aromatic N) is 1. The van der Waals surface area contributed by atoms with Crippen LogP contribution in [0, 0.1) is 11.7 Å². The summed E-state index contributed by atoms with van der Waals surface area (Å²) in [5.41, 5.74) is 2.58. The number of thiazole rings is 1. The highest BCUT2D eigenvalue weighted by molar-refractivity contribution is 7.16. The second-order valence-corrected chi connectivity index (χ2v) is 12.0. The third kappa shape index (κ3) is 8.64. The Labute approximate surface area is 234 Å². The summed E-state index contributed by atoms with van der Waals surface area (Å²) in [6.07, 6.45) is 11.0. The third-order valence-corrected chi connectivity index (χ3v) is 8.83. The predicted molar refractivity (Wildman–Crippen MR) is 157 cm³/mol. The summed E-state index contributed by atoms with van der Waals surface area (Å²) < 4.78 is 14.2. The molecule has 1 aromatic heterocycles. The molecule has 0 aliphatic heterocycles. The van der Waals surface area contributed by atoms with Crippen molar-refractivity contribution in [1.82, 2.24) is 15.2 Å². The molecule has 1 saturated carbocycles. The van der Waals surface area contributed by atoms with Crippen molar-refractivity contribution in [3.63, 3.8) is 0 Å². The number of hydrogen-bond acceptors (Lipinski definition) is 5. The molecule has 1 atom stereocenters. The molecule has 1 amide bonds. The van der Waals surface area contributed by atoms with Crippen molar-refractivity contribution >= 4 is 27.5 Å². The number of H-pyrrole nitrogens is 1. The Hall–Kier alpha value is -2.71. The maximum atomic E-state index is 13.4. The summed E-state index contributed by atoms with van der Waals surface area (Å²) in [6.45, 7) is 4.35. The number of phenols is 1. The van der Waals surface area contributed by atoms with Crippen LogP contribution in [0.3, 0.4) is 0 Å². The van der Waals surface area contributed by atoms with E-state index in [1.807, 2.05) is 12.1 Å². The molecule has 3 N–H and O–H groups in total. The molecule has 1 heterocycles. The van der Waals surface area contributed by atoms with Crippen molar-refractivity contribution in [2.75, 3.05) is 19.6 Å². The van der Waals surface area contributed by atoms with Crippen molar-refractivity contribution < 1.29 is 14.3 Å². The quantitative estimate of drug-likeness (QED) is 0.174. The van der Waals surface area contributed by atoms with Crippen molar-refractivity contribution in [3.8, 4) is 5.75 Å². The topological polar surface area (TPSA) is 85.4 Å². The maximum Gasteiger partial charge on any atom is 0.305 e. The highest BCUT2D eigenvalue weighted by atomic mass is 32.1. The predicted octanol–water partition coefficient (Wildman–Crippen LogP) is 6.17. The second-order valence-electron chi connectivity index (χ2n) is 11.0. The number of aromatic nitrogens is 1. The van der Waals surface area contributed by atoms with E-state index in [4.69, 9.17) is 0 Å². The molecular weight excluding hydrogens is 513 g/mol. The molecule has 1 unspecified atom stereocenters. The van der Waals surface area contributed by atoms with Crippen molar-refractivity contribution in [2.24, 2.45) is 5.92 Å². The van der Waals surface area contributed by atoms with E-state index >= 15 is 0 Å². The number of phenolic OH excluding ortho intramolecular Hbond substituents is 1. The molecule has 39 heavy (non-hydrogen) atoms. The van der Waals surface area contributed by atoms with Crippen molar-refractivity contribution in [3.05, 3.63) is 63.0 Å². The smallest absolute Gasteiger partial charge is 0.305 e. The maximum absolute atomic E-state index is 13.4. The Kier molecular flexibility index (Phi) is 11.0. The summed E-state index contributed by atoms with van der Waals surface area (Å²) >= 11 is 1.15. The van der Waals surface area contributed by atoms with Crippen LogP contribution >= 0.6 is 11.3 Å². The lowest BCUT2D eigenvalue weighted by atomic mass is 9.98. The first-order chi connectivity index (χ1) is 18.9. The number of hydrogen-bond donors (Lipinski definition) is 3. The molecule has 2 aromatic carbocycles. The van der Waals surface area contributed by atoms with Gasteiger partial charge in [0.1, 0.15) is 17.1 Å². The molecular formula is C31H42FN3O3S. The Morgan fingerprint density at radius 2 is 1.95 bits per heavy atom. The van der Waals surface area contributed by atoms with Gasteiger partial charge < -0.3 is 20.3 Å². The summed E-state index contributed by atoms with van der Waals surface area (Å²) in [4.78, 5) is 30.0. The number of aromatic hydroxyl groups is 1. The van der Waals surface area contributed by atoms with Crippen LogP contribution in [0.25, 0.3) is 10.2 Å². The zero-order chi connectivity index (χ0) is 27.6. The average Bonchev–Trinajstić information content (AvgIpc) is 3.12. The summed E-state index contributed by atoms with van der Waals surface area (Å²) in [6, 6.07) is 10.6. The van der Waals surface area contributed by atoms with Crippen LogP contribution in [0.15, 0.2) is 41.2 Å². The minimum atomic E-state index is -0.214. The Balaban J connectivity index is 1.28. The molecule has 1 fully saturated rings. The number of benzene rings is 2. The molecule has 6 nitrogen and oxygen atoms in total. The van der Waals surface area contributed by atoms with E-state index in [0.29, 0.717) is 30.4 Å². The van der Waals surface area contributed by atoms with Crippen LogP contribution < -0.4 is 10.2 Å². The first kappa shape index (κ1) is 29.3. The monoisotopic (exact) mass is 555 g/mol. The van der Waals surface area contributed by atoms with E-state index in [1.54, 1.807) is 18.2 Å². The normalized spacial score (nSPS) is 15.3. The van der Waals surface area contributed by atoms with Crippen LogP contribution in [0.1, 0.15) is 75.8 Å². The molecule has 0 bridgehead atoms. The molecule has 1 aliphatic carbocycles. The van der Waals surface area contributed by atoms with Gasteiger partial charge in [0.05, 0.1) is 4.70 Å². The first-order valence-electron chi connectivity index (χ1n) is 14.5. The lowest BCUT2D eigenvalue weighted by molar-refractivity contribution is -0.134. The van der Waals surface area contributed by atoms with Gasteiger partial charge in [-0.15, -0.1) is 0 Å². The lowest BCUT2D eigenvalue weighted by Gasteiger charge is -2.34. The zero-order valence-electron chi connectivity index (χ0n) is 23.0. The minimum absolute atomic E-state index is 0.112. The van der Waals surface area contributed by atoms with Gasteiger partial charge in [-0.05, 0) is 80.3 Å². The average molecular weight is 556 g/mol. The van der Waals surface area contributed by atoms with Crippen molar-refractivity contribution in [1.29, 1.82) is 0 Å². The van der Waals surface area contributed by atoms with Gasteiger partial charge in [-0.2, -0.15) is 0 Å². The van der Waals surface area contributed by atoms with Crippen LogP contribution in [0.5, 0.6) is 5.75 Å². The molecule has 4 rings (SSSR count). The number of carbonyl (C=O) groups excluding carboxylic acids is 1. The van der Waals surface area contributed by atoms with Crippen LogP contribution in [0.2, 0.25) is 0 Å². The molecule has 3 aromatic rings. The Morgan fingerprint density at radius 3 is 2.72 bits per heavy atom. The van der Waals surface area contributed by atoms with Gasteiger partial charge in [-0.3, -0.25) is 9.59 Å².